The summed E-state index contributed by atoms with van der Waals surface area (Å²) < 4.78 is 0. The van der Waals surface area contributed by atoms with E-state index in [-0.39, 0.29) is 11.0 Å². The van der Waals surface area contributed by atoms with E-state index >= 15 is 0 Å². The normalized spacial score (nSPS) is 9.53. The first-order valence-corrected chi connectivity index (χ1v) is 4.93. The molecule has 0 radical (unpaired) electrons. The van der Waals surface area contributed by atoms with Crippen molar-refractivity contribution in [3.05, 3.63) is 65.7 Å². The van der Waals surface area contributed by atoms with E-state index in [1.54, 1.807) is 0 Å². The largest absolute Gasteiger partial charge is 0.870 e. The third-order valence-corrected chi connectivity index (χ3v) is 2.20. The minimum absolute atomic E-state index is 0. The van der Waals surface area contributed by atoms with Crippen molar-refractivity contribution in [1.29, 1.82) is 0 Å². The van der Waals surface area contributed by atoms with Gasteiger partial charge in [0.1, 0.15) is 0 Å². The first-order chi connectivity index (χ1) is 7.34. The molecule has 17 heavy (non-hydrogen) atoms. The number of benzene rings is 2. The Morgan fingerprint density at radius 2 is 1.12 bits per heavy atom. The van der Waals surface area contributed by atoms with Gasteiger partial charge in [0.25, 0.3) is 0 Å². The monoisotopic (exact) mass is 224 g/mol. The summed E-state index contributed by atoms with van der Waals surface area (Å²) in [6, 6.07) is 18.1. The van der Waals surface area contributed by atoms with Gasteiger partial charge in [0.2, 0.25) is 0 Å². The predicted molar refractivity (Wildman–Crippen MR) is 71.1 cm³/mol. The minimum Gasteiger partial charge on any atom is -0.870 e. The summed E-state index contributed by atoms with van der Waals surface area (Å²) in [5.41, 5.74) is 3.16. The van der Waals surface area contributed by atoms with E-state index in [1.165, 1.54) is 5.56 Å². The van der Waals surface area contributed by atoms with Crippen LogP contribution in [0.25, 0.3) is 12.2 Å². The molecule has 2 N–H and O–H groups in total. The van der Waals surface area contributed by atoms with Crippen molar-refractivity contribution in [2.75, 3.05) is 0 Å². The molecule has 0 fully saturated rings. The van der Waals surface area contributed by atoms with Crippen LogP contribution in [0, 0.1) is 0 Å². The second kappa shape index (κ2) is 7.44. The summed E-state index contributed by atoms with van der Waals surface area (Å²) in [6.45, 7) is 0. The maximum absolute atomic E-state index is 5.61. The van der Waals surface area contributed by atoms with Gasteiger partial charge in [0, 0.05) is 0 Å². The van der Waals surface area contributed by atoms with Crippen LogP contribution in [0.1, 0.15) is 11.1 Å². The molecule has 0 spiro atoms. The second-order valence-electron chi connectivity index (χ2n) is 3.41. The summed E-state index contributed by atoms with van der Waals surface area (Å²) >= 11 is 0. The molecule has 3 heteroatoms. The summed E-state index contributed by atoms with van der Waals surface area (Å²) in [5.74, 6) is 0. The Morgan fingerprint density at radius 1 is 0.647 bits per heavy atom. The predicted octanol–water partition coefficient (Wildman–Crippen LogP) is 2.30. The summed E-state index contributed by atoms with van der Waals surface area (Å²) in [6.07, 6.45) is 4.17. The molecule has 0 saturated carbocycles. The van der Waals surface area contributed by atoms with Crippen LogP contribution in [0.4, 0.5) is 0 Å². The summed E-state index contributed by atoms with van der Waals surface area (Å²) in [7, 11) is 5.61. The average Bonchev–Trinajstić information content (AvgIpc) is 2.30. The Hall–Kier alpha value is -1.84. The van der Waals surface area contributed by atoms with Gasteiger partial charge in [-0.15, -0.1) is 0 Å². The van der Waals surface area contributed by atoms with Crippen LogP contribution in [0.3, 0.4) is 0 Å². The Labute approximate surface area is 103 Å². The first-order valence-electron chi connectivity index (χ1n) is 4.93. The Morgan fingerprint density at radius 3 is 1.65 bits per heavy atom. The van der Waals surface area contributed by atoms with E-state index < -0.39 is 0 Å². The Kier molecular flexibility index (Phi) is 6.64. The van der Waals surface area contributed by atoms with Crippen LogP contribution >= 0.6 is 0 Å². The maximum atomic E-state index is 5.61. The van der Waals surface area contributed by atoms with Gasteiger partial charge in [-0.05, 0) is 0 Å². The zero-order chi connectivity index (χ0) is 10.5. The molecular weight excluding hydrogens is 211 g/mol. The zero-order valence-electron chi connectivity index (χ0n) is 9.32. The van der Waals surface area contributed by atoms with E-state index in [0.717, 1.165) is 11.0 Å². The molecule has 0 unspecified atom stereocenters. The first kappa shape index (κ1) is 15.2. The van der Waals surface area contributed by atoms with E-state index in [2.05, 4.69) is 24.3 Å². The van der Waals surface area contributed by atoms with Crippen LogP contribution < -0.4 is 5.46 Å². The van der Waals surface area contributed by atoms with E-state index in [1.807, 2.05) is 42.5 Å². The fourth-order valence-corrected chi connectivity index (χ4v) is 1.36. The topological polar surface area (TPSA) is 60.0 Å². The van der Waals surface area contributed by atoms with Crippen LogP contribution in [0.2, 0.25) is 0 Å². The molecule has 2 rings (SSSR count). The van der Waals surface area contributed by atoms with Crippen molar-refractivity contribution in [2.45, 2.75) is 0 Å². The third kappa shape index (κ3) is 4.68. The van der Waals surface area contributed by atoms with E-state index in [4.69, 9.17) is 7.85 Å². The smallest absolute Gasteiger partial charge is 0.870 e. The van der Waals surface area contributed by atoms with Crippen LogP contribution in [0.15, 0.2) is 54.6 Å². The van der Waals surface area contributed by atoms with Gasteiger partial charge in [0.15, 0.2) is 0 Å². The molecule has 0 saturated heterocycles. The molecule has 0 heterocycles. The molecular formula is C14H13BO2. The Bertz CT molecular complexity index is 449. The van der Waals surface area contributed by atoms with Gasteiger partial charge in [-0.3, -0.25) is 0 Å². The van der Waals surface area contributed by atoms with Crippen molar-refractivity contribution < 1.29 is 11.0 Å². The Balaban J connectivity index is 0.00000128. The molecule has 2 nitrogen and oxygen atoms in total. The van der Waals surface area contributed by atoms with Gasteiger partial charge < -0.3 is 11.0 Å². The average molecular weight is 224 g/mol. The molecule has 0 aliphatic heterocycles. The standard InChI is InChI=1S/C14H11B.2H2O/c15-14-10-8-13(9-11-14)7-6-12-4-2-1-3-5-12;;/h1-11H;2*1H2/q+2;;/p-2/b7-6+;;. The van der Waals surface area contributed by atoms with E-state index in [9.17, 15) is 0 Å². The SMILES string of the molecule is [B+2]c1ccc(/C=C/c2ccccc2)cc1.[OH-].[OH-]. The molecule has 0 aromatic heterocycles. The molecule has 2 aromatic carbocycles. The molecule has 0 atom stereocenters. The molecule has 84 valence electrons. The maximum Gasteiger partial charge on any atom is -0.870 e. The molecule has 2 aromatic rings. The summed E-state index contributed by atoms with van der Waals surface area (Å²) in [5, 5.41) is 0. The quantitative estimate of drug-likeness (QED) is 0.580. The van der Waals surface area contributed by atoms with Crippen LogP contribution in [0.5, 0.6) is 0 Å². The number of hydrogen-bond acceptors (Lipinski definition) is 2. The van der Waals surface area contributed by atoms with Crippen molar-refractivity contribution in [1.82, 2.24) is 0 Å². The van der Waals surface area contributed by atoms with Crippen molar-refractivity contribution in [3.63, 3.8) is 0 Å². The number of hydrogen-bond donors (Lipinski definition) is 0. The van der Waals surface area contributed by atoms with Gasteiger partial charge in [0.05, 0.1) is 0 Å². The fourth-order valence-electron chi connectivity index (χ4n) is 1.36. The molecule has 0 amide bonds. The van der Waals surface area contributed by atoms with Crippen molar-refractivity contribution in [2.24, 2.45) is 0 Å². The minimum atomic E-state index is 0. The summed E-state index contributed by atoms with van der Waals surface area (Å²) in [4.78, 5) is 0. The molecule has 0 bridgehead atoms. The third-order valence-electron chi connectivity index (χ3n) is 2.20. The van der Waals surface area contributed by atoms with Gasteiger partial charge in [-0.2, -0.15) is 0 Å². The van der Waals surface area contributed by atoms with Gasteiger partial charge in [-0.1, -0.05) is 0 Å². The van der Waals surface area contributed by atoms with Crippen molar-refractivity contribution >= 4 is 25.5 Å². The van der Waals surface area contributed by atoms with Gasteiger partial charge >= 0.3 is 91.2 Å². The van der Waals surface area contributed by atoms with Gasteiger partial charge in [-0.25, -0.2) is 0 Å². The zero-order valence-corrected chi connectivity index (χ0v) is 9.32. The van der Waals surface area contributed by atoms with Crippen LogP contribution in [-0.4, -0.2) is 18.8 Å². The van der Waals surface area contributed by atoms with Crippen molar-refractivity contribution in [3.8, 4) is 0 Å². The van der Waals surface area contributed by atoms with Crippen LogP contribution in [-0.2, 0) is 0 Å². The number of rotatable bonds is 2. The molecule has 0 aliphatic rings. The second-order valence-corrected chi connectivity index (χ2v) is 3.41. The fraction of sp³-hybridized carbons (Fsp3) is 0. The molecule has 0 aliphatic carbocycles. The van der Waals surface area contributed by atoms with E-state index in [0.29, 0.717) is 0 Å².